The van der Waals surface area contributed by atoms with Gasteiger partial charge in [-0.15, -0.1) is 11.8 Å². The Morgan fingerprint density at radius 2 is 2.07 bits per heavy atom. The second-order valence-electron chi connectivity index (χ2n) is 7.83. The zero-order valence-electron chi connectivity index (χ0n) is 17.4. The zero-order valence-corrected chi connectivity index (χ0v) is 18.2. The maximum atomic E-state index is 9.12. The Kier molecular flexibility index (Phi) is 7.02. The van der Waals surface area contributed by atoms with Gasteiger partial charge in [0.25, 0.3) is 0 Å². The lowest BCUT2D eigenvalue weighted by Crippen LogP contribution is -2.51. The van der Waals surface area contributed by atoms with Crippen molar-refractivity contribution in [3.63, 3.8) is 0 Å². The lowest BCUT2D eigenvalue weighted by atomic mass is 9.91. The van der Waals surface area contributed by atoms with Crippen LogP contribution in [0.2, 0.25) is 0 Å². The van der Waals surface area contributed by atoms with Gasteiger partial charge in [-0.3, -0.25) is 0 Å². The first-order valence-electron chi connectivity index (χ1n) is 10.0. The molecule has 1 heterocycles. The normalized spacial score (nSPS) is 19.0. The number of hydrogen-bond donors (Lipinski definition) is 2. The average molecular weight is 408 g/mol. The fraction of sp³-hybridized carbons (Fsp3) is 0.375. The van der Waals surface area contributed by atoms with Gasteiger partial charge in [0.05, 0.1) is 23.3 Å². The summed E-state index contributed by atoms with van der Waals surface area (Å²) in [4.78, 5) is 1.07. The third-order valence-corrected chi connectivity index (χ3v) is 5.97. The summed E-state index contributed by atoms with van der Waals surface area (Å²) in [6.45, 7) is 8.08. The van der Waals surface area contributed by atoms with Crippen LogP contribution in [0.25, 0.3) is 16.0 Å². The summed E-state index contributed by atoms with van der Waals surface area (Å²) < 4.78 is 6.33. The van der Waals surface area contributed by atoms with Crippen LogP contribution in [0.1, 0.15) is 37.5 Å². The summed E-state index contributed by atoms with van der Waals surface area (Å²) in [5, 5.41) is 12.6. The minimum absolute atomic E-state index is 0.111. The van der Waals surface area contributed by atoms with Crippen molar-refractivity contribution in [1.82, 2.24) is 5.32 Å². The summed E-state index contributed by atoms with van der Waals surface area (Å²) in [5.41, 5.74) is 11.2. The number of nitrogens with two attached hydrogens (primary N) is 1. The van der Waals surface area contributed by atoms with E-state index in [1.807, 2.05) is 24.3 Å². The van der Waals surface area contributed by atoms with E-state index in [-0.39, 0.29) is 11.7 Å². The minimum atomic E-state index is -0.168. The first-order valence-corrected chi connectivity index (χ1v) is 11.0. The van der Waals surface area contributed by atoms with E-state index in [9.17, 15) is 0 Å². The molecule has 2 aromatic carbocycles. The summed E-state index contributed by atoms with van der Waals surface area (Å²) >= 11 is 1.75. The fourth-order valence-corrected chi connectivity index (χ4v) is 4.61. The number of morpholine rings is 1. The molecule has 1 saturated heterocycles. The van der Waals surface area contributed by atoms with Gasteiger partial charge in [-0.05, 0) is 48.4 Å². The smallest absolute Gasteiger partial charge is 0.0991 e. The summed E-state index contributed by atoms with van der Waals surface area (Å²) in [7, 11) is 0. The van der Waals surface area contributed by atoms with Crippen LogP contribution in [0.3, 0.4) is 0 Å². The molecule has 1 aliphatic heterocycles. The average Bonchev–Trinajstić information content (AvgIpc) is 2.71. The molecule has 0 aliphatic carbocycles. The largest absolute Gasteiger partial charge is 0.404 e. The molecule has 0 saturated carbocycles. The van der Waals surface area contributed by atoms with Crippen molar-refractivity contribution in [2.45, 2.75) is 38.9 Å². The van der Waals surface area contributed by atoms with E-state index in [1.165, 1.54) is 11.1 Å². The number of nitrogens with one attached hydrogen (secondary N) is 1. The highest BCUT2D eigenvalue weighted by molar-refractivity contribution is 8.08. The van der Waals surface area contributed by atoms with Gasteiger partial charge in [-0.25, -0.2) is 0 Å². The third-order valence-electron chi connectivity index (χ3n) is 5.03. The topological polar surface area (TPSA) is 71.1 Å². The quantitative estimate of drug-likeness (QED) is 0.735. The lowest BCUT2D eigenvalue weighted by Gasteiger charge is -2.37. The maximum Gasteiger partial charge on any atom is 0.0991 e. The number of rotatable bonds is 6. The SMILES string of the molecule is CCS/C(=C\N)c1c(CC2CNCC(C)(C)O2)cccc1-c1ccc(C#N)cc1. The Labute approximate surface area is 178 Å². The standard InChI is InChI=1S/C24H29N3OS/c1-4-29-22(14-26)23-19(12-20-15-27-16-24(2,3)28-20)6-5-7-21(23)18-10-8-17(13-25)9-11-18/h5-11,14,20,27H,4,12,15-16,26H2,1-3H3/b22-14-. The van der Waals surface area contributed by atoms with Crippen LogP contribution in [0.5, 0.6) is 0 Å². The molecule has 0 bridgehead atoms. The molecule has 0 radical (unpaired) electrons. The van der Waals surface area contributed by atoms with E-state index in [2.05, 4.69) is 50.4 Å². The Morgan fingerprint density at radius 3 is 2.69 bits per heavy atom. The molecule has 1 aliphatic rings. The van der Waals surface area contributed by atoms with Crippen molar-refractivity contribution in [2.24, 2.45) is 5.73 Å². The molecule has 4 nitrogen and oxygen atoms in total. The first kappa shape index (κ1) is 21.4. The maximum absolute atomic E-state index is 9.12. The highest BCUT2D eigenvalue weighted by Gasteiger charge is 2.29. The number of nitrogens with zero attached hydrogens (tertiary/aromatic N) is 1. The van der Waals surface area contributed by atoms with Gasteiger partial charge >= 0.3 is 0 Å². The highest BCUT2D eigenvalue weighted by atomic mass is 32.2. The van der Waals surface area contributed by atoms with Crippen LogP contribution in [0.15, 0.2) is 48.7 Å². The van der Waals surface area contributed by atoms with Crippen molar-refractivity contribution in [3.05, 3.63) is 65.4 Å². The van der Waals surface area contributed by atoms with Crippen LogP contribution in [0.4, 0.5) is 0 Å². The minimum Gasteiger partial charge on any atom is -0.404 e. The molecule has 3 rings (SSSR count). The van der Waals surface area contributed by atoms with Crippen LogP contribution in [0, 0.1) is 11.3 Å². The number of nitriles is 1. The summed E-state index contributed by atoms with van der Waals surface area (Å²) in [5.74, 6) is 0.943. The van der Waals surface area contributed by atoms with Crippen molar-refractivity contribution in [2.75, 3.05) is 18.8 Å². The molecule has 0 spiro atoms. The second kappa shape index (κ2) is 9.49. The van der Waals surface area contributed by atoms with E-state index in [0.29, 0.717) is 5.56 Å². The molecular formula is C24H29N3OS. The van der Waals surface area contributed by atoms with Gasteiger partial charge in [0, 0.05) is 36.2 Å². The van der Waals surface area contributed by atoms with Gasteiger partial charge in [-0.2, -0.15) is 5.26 Å². The molecule has 2 aromatic rings. The highest BCUT2D eigenvalue weighted by Crippen LogP contribution is 2.38. The summed E-state index contributed by atoms with van der Waals surface area (Å²) in [6, 6.07) is 16.3. The zero-order chi connectivity index (χ0) is 20.9. The molecule has 3 N–H and O–H groups in total. The van der Waals surface area contributed by atoms with E-state index in [4.69, 9.17) is 15.7 Å². The Bertz CT molecular complexity index is 913. The molecule has 1 atom stereocenters. The van der Waals surface area contributed by atoms with Gasteiger partial charge in [0.1, 0.15) is 0 Å². The predicted octanol–water partition coefficient (Wildman–Crippen LogP) is 4.54. The molecular weight excluding hydrogens is 378 g/mol. The van der Waals surface area contributed by atoms with Crippen LogP contribution in [-0.2, 0) is 11.2 Å². The molecule has 5 heteroatoms. The van der Waals surface area contributed by atoms with E-state index in [0.717, 1.165) is 41.3 Å². The van der Waals surface area contributed by atoms with Gasteiger partial charge in [0.15, 0.2) is 0 Å². The third kappa shape index (κ3) is 5.22. The number of thioether (sulfide) groups is 1. The second-order valence-corrected chi connectivity index (χ2v) is 9.13. The predicted molar refractivity (Wildman–Crippen MR) is 122 cm³/mol. The van der Waals surface area contributed by atoms with Crippen molar-refractivity contribution in [3.8, 4) is 17.2 Å². The monoisotopic (exact) mass is 407 g/mol. The van der Waals surface area contributed by atoms with Crippen LogP contribution in [-0.4, -0.2) is 30.5 Å². The molecule has 1 unspecified atom stereocenters. The van der Waals surface area contributed by atoms with Crippen LogP contribution >= 0.6 is 11.8 Å². The van der Waals surface area contributed by atoms with Crippen molar-refractivity contribution >= 4 is 16.7 Å². The number of hydrogen-bond acceptors (Lipinski definition) is 5. The van der Waals surface area contributed by atoms with E-state index in [1.54, 1.807) is 18.0 Å². The fourth-order valence-electron chi connectivity index (χ4n) is 3.81. The van der Waals surface area contributed by atoms with Crippen molar-refractivity contribution < 1.29 is 4.74 Å². The van der Waals surface area contributed by atoms with Gasteiger partial charge in [-0.1, -0.05) is 37.3 Å². The van der Waals surface area contributed by atoms with Crippen LogP contribution < -0.4 is 11.1 Å². The number of benzene rings is 2. The first-order chi connectivity index (χ1) is 14.0. The summed E-state index contributed by atoms with van der Waals surface area (Å²) in [6.07, 6.45) is 2.64. The Morgan fingerprint density at radius 1 is 1.31 bits per heavy atom. The van der Waals surface area contributed by atoms with Gasteiger partial charge < -0.3 is 15.8 Å². The molecule has 0 amide bonds. The van der Waals surface area contributed by atoms with Gasteiger partial charge in [0.2, 0.25) is 0 Å². The molecule has 152 valence electrons. The molecule has 1 fully saturated rings. The Balaban J connectivity index is 2.04. The Hall–Kier alpha value is -2.26. The van der Waals surface area contributed by atoms with E-state index >= 15 is 0 Å². The molecule has 29 heavy (non-hydrogen) atoms. The lowest BCUT2D eigenvalue weighted by molar-refractivity contribution is -0.0928. The van der Waals surface area contributed by atoms with E-state index < -0.39 is 0 Å². The molecule has 0 aromatic heterocycles. The number of ether oxygens (including phenoxy) is 1. The van der Waals surface area contributed by atoms with Crippen molar-refractivity contribution in [1.29, 1.82) is 5.26 Å².